The Kier molecular flexibility index (Phi) is 76.9. The number of phosphoric acid groups is 2. The smallest absolute Gasteiger partial charge is 0.462 e. The lowest BCUT2D eigenvalue weighted by atomic mass is 9.99. The van der Waals surface area contributed by atoms with Crippen molar-refractivity contribution in [3.05, 3.63) is 0 Å². The molecule has 0 aliphatic rings. The van der Waals surface area contributed by atoms with Crippen LogP contribution in [0.15, 0.2) is 0 Å². The Balaban J connectivity index is 5.23. The molecule has 0 aromatic heterocycles. The summed E-state index contributed by atoms with van der Waals surface area (Å²) in [5.74, 6) is -0.455. The lowest BCUT2D eigenvalue weighted by molar-refractivity contribution is -0.161. The van der Waals surface area contributed by atoms with E-state index in [9.17, 15) is 43.2 Å². The maximum absolute atomic E-state index is 13.2. The van der Waals surface area contributed by atoms with Gasteiger partial charge < -0.3 is 33.8 Å². The average molecular weight is 1550 g/mol. The highest BCUT2D eigenvalue weighted by molar-refractivity contribution is 7.47. The van der Waals surface area contributed by atoms with Gasteiger partial charge in [-0.25, -0.2) is 9.13 Å². The van der Waals surface area contributed by atoms with Gasteiger partial charge in [0.1, 0.15) is 19.3 Å². The van der Waals surface area contributed by atoms with E-state index in [4.69, 9.17) is 37.0 Å². The zero-order valence-electron chi connectivity index (χ0n) is 69.7. The van der Waals surface area contributed by atoms with Crippen molar-refractivity contribution >= 4 is 39.5 Å². The fourth-order valence-electron chi connectivity index (χ4n) is 13.6. The third kappa shape index (κ3) is 78.7. The molecule has 0 bridgehead atoms. The topological polar surface area (TPSA) is 237 Å². The molecule has 0 saturated heterocycles. The zero-order valence-corrected chi connectivity index (χ0v) is 71.5. The van der Waals surface area contributed by atoms with Crippen LogP contribution in [0.3, 0.4) is 0 Å². The van der Waals surface area contributed by atoms with Crippen LogP contribution in [0.2, 0.25) is 0 Å². The van der Waals surface area contributed by atoms with E-state index in [1.807, 2.05) is 0 Å². The van der Waals surface area contributed by atoms with Crippen LogP contribution in [0.4, 0.5) is 0 Å². The van der Waals surface area contributed by atoms with E-state index in [0.29, 0.717) is 25.7 Å². The average Bonchev–Trinajstić information content (AvgIpc) is 0.905. The Morgan fingerprint density at radius 2 is 0.481 bits per heavy atom. The van der Waals surface area contributed by atoms with E-state index in [1.165, 1.54) is 283 Å². The Morgan fingerprint density at radius 3 is 0.717 bits per heavy atom. The molecule has 0 aromatic carbocycles. The Labute approximate surface area is 651 Å². The number of hydrogen-bond acceptors (Lipinski definition) is 15. The van der Waals surface area contributed by atoms with E-state index in [0.717, 1.165) is 102 Å². The fraction of sp³-hybridized carbons (Fsp3) is 0.954. The molecule has 0 spiro atoms. The van der Waals surface area contributed by atoms with Gasteiger partial charge >= 0.3 is 39.5 Å². The molecular formula is C87H170O17P2. The molecule has 0 fully saturated rings. The van der Waals surface area contributed by atoms with E-state index < -0.39 is 97.5 Å². The predicted molar refractivity (Wildman–Crippen MR) is 437 cm³/mol. The normalized spacial score (nSPS) is 14.1. The van der Waals surface area contributed by atoms with Crippen molar-refractivity contribution in [2.45, 2.75) is 484 Å². The highest BCUT2D eigenvalue weighted by atomic mass is 31.2. The van der Waals surface area contributed by atoms with Crippen molar-refractivity contribution in [3.63, 3.8) is 0 Å². The number of carbonyl (C=O) groups is 4. The van der Waals surface area contributed by atoms with Gasteiger partial charge in [-0.15, -0.1) is 0 Å². The summed E-state index contributed by atoms with van der Waals surface area (Å²) >= 11 is 0. The summed E-state index contributed by atoms with van der Waals surface area (Å²) in [6.45, 7) is 9.75. The highest BCUT2D eigenvalue weighted by Gasteiger charge is 2.30. The number of carbonyl (C=O) groups excluding carboxylic acids is 4. The second-order valence-electron chi connectivity index (χ2n) is 32.0. The summed E-state index contributed by atoms with van der Waals surface area (Å²) in [6.07, 6.45) is 70.8. The van der Waals surface area contributed by atoms with Crippen molar-refractivity contribution in [2.75, 3.05) is 39.6 Å². The molecule has 0 heterocycles. The summed E-state index contributed by atoms with van der Waals surface area (Å²) in [4.78, 5) is 73.2. The van der Waals surface area contributed by atoms with Crippen LogP contribution in [0, 0.1) is 11.8 Å². The molecule has 0 saturated carbocycles. The van der Waals surface area contributed by atoms with Gasteiger partial charge in [-0.3, -0.25) is 37.3 Å². The number of ether oxygens (including phenoxy) is 4. The lowest BCUT2D eigenvalue weighted by Crippen LogP contribution is -2.30. The molecule has 3 unspecified atom stereocenters. The van der Waals surface area contributed by atoms with Crippen molar-refractivity contribution in [2.24, 2.45) is 11.8 Å². The first-order chi connectivity index (χ1) is 51.4. The second-order valence-corrected chi connectivity index (χ2v) is 34.9. The van der Waals surface area contributed by atoms with Crippen LogP contribution >= 0.6 is 15.6 Å². The van der Waals surface area contributed by atoms with Crippen LogP contribution in [0.25, 0.3) is 0 Å². The van der Waals surface area contributed by atoms with Crippen molar-refractivity contribution in [1.29, 1.82) is 0 Å². The third-order valence-electron chi connectivity index (χ3n) is 20.8. The summed E-state index contributed by atoms with van der Waals surface area (Å²) < 4.78 is 68.9. The van der Waals surface area contributed by atoms with Crippen molar-refractivity contribution in [3.8, 4) is 0 Å². The first-order valence-corrected chi connectivity index (χ1v) is 48.0. The molecule has 19 heteroatoms. The van der Waals surface area contributed by atoms with Crippen molar-refractivity contribution < 1.29 is 80.2 Å². The van der Waals surface area contributed by atoms with Gasteiger partial charge in [0.05, 0.1) is 26.4 Å². The summed E-state index contributed by atoms with van der Waals surface area (Å²) in [5, 5.41) is 10.7. The Morgan fingerprint density at radius 1 is 0.274 bits per heavy atom. The van der Waals surface area contributed by atoms with E-state index in [2.05, 4.69) is 41.5 Å². The Hall–Kier alpha value is -1.94. The van der Waals surface area contributed by atoms with E-state index >= 15 is 0 Å². The standard InChI is InChI=1S/C87H170O17P2/c1-7-10-12-14-16-18-20-21-22-23-24-25-26-27-28-36-41-47-53-59-65-71-86(91)104-83(76-98-85(90)70-64-58-52-46-40-35-32-30-34-39-44-50-56-62-68-80(6)9-3)78-102-106(95,96)100-74-81(88)73-99-105(93,94)101-77-82(75-97-84(89)69-63-57-51-45-19-17-15-13-11-8-2)103-87(92)72-66-60-54-48-42-37-31-29-33-38-43-49-55-61-67-79(4)5/h79-83,88H,7-78H2,1-6H3,(H,93,94)(H,95,96)/t80?,81-,82+,83+/m0/s1. The minimum absolute atomic E-state index is 0.108. The number of unbranched alkanes of at least 4 members (excludes halogenated alkanes) is 55. The molecule has 3 N–H and O–H groups in total. The fourth-order valence-corrected chi connectivity index (χ4v) is 15.1. The molecule has 0 aliphatic heterocycles. The van der Waals surface area contributed by atoms with Gasteiger partial charge in [0, 0.05) is 25.7 Å². The molecule has 0 amide bonds. The number of hydrogen-bond donors (Lipinski definition) is 3. The first-order valence-electron chi connectivity index (χ1n) is 45.0. The van der Waals surface area contributed by atoms with Gasteiger partial charge in [0.2, 0.25) is 0 Å². The van der Waals surface area contributed by atoms with Crippen LogP contribution in [0.5, 0.6) is 0 Å². The van der Waals surface area contributed by atoms with Gasteiger partial charge in [-0.1, -0.05) is 414 Å². The van der Waals surface area contributed by atoms with Gasteiger partial charge in [-0.05, 0) is 37.5 Å². The number of esters is 4. The van der Waals surface area contributed by atoms with Crippen LogP contribution in [-0.4, -0.2) is 96.7 Å². The van der Waals surface area contributed by atoms with Gasteiger partial charge in [-0.2, -0.15) is 0 Å². The van der Waals surface area contributed by atoms with Crippen LogP contribution < -0.4 is 0 Å². The first kappa shape index (κ1) is 104. The van der Waals surface area contributed by atoms with Gasteiger partial charge in [0.15, 0.2) is 12.2 Å². The van der Waals surface area contributed by atoms with Gasteiger partial charge in [0.25, 0.3) is 0 Å². The summed E-state index contributed by atoms with van der Waals surface area (Å²) in [6, 6.07) is 0. The van der Waals surface area contributed by atoms with E-state index in [1.54, 1.807) is 0 Å². The molecule has 0 aromatic rings. The Bertz CT molecular complexity index is 2030. The molecular weight excluding hydrogens is 1380 g/mol. The lowest BCUT2D eigenvalue weighted by Gasteiger charge is -2.21. The van der Waals surface area contributed by atoms with E-state index in [-0.39, 0.29) is 25.7 Å². The SMILES string of the molecule is CCCCCCCCCCCCCCCCCCCCCCCC(=O)O[C@H](COC(=O)CCCCCCCCCCCCCCCCC(C)CC)COP(=O)(O)OC[C@@H](O)COP(=O)(O)OC[C@@H](COC(=O)CCCCCCCCCCCC)OC(=O)CCCCCCCCCCCCCCCCC(C)C. The molecule has 0 rings (SSSR count). The molecule has 6 atom stereocenters. The monoisotopic (exact) mass is 1550 g/mol. The maximum atomic E-state index is 13.2. The second kappa shape index (κ2) is 78.3. The largest absolute Gasteiger partial charge is 0.472 e. The summed E-state index contributed by atoms with van der Waals surface area (Å²) in [7, 11) is -9.93. The highest BCUT2D eigenvalue weighted by Crippen LogP contribution is 2.45. The van der Waals surface area contributed by atoms with Crippen LogP contribution in [-0.2, 0) is 65.4 Å². The molecule has 17 nitrogen and oxygen atoms in total. The number of aliphatic hydroxyl groups excluding tert-OH is 1. The predicted octanol–water partition coefficient (Wildman–Crippen LogP) is 26.6. The molecule has 0 radical (unpaired) electrons. The number of phosphoric ester groups is 2. The number of aliphatic hydroxyl groups is 1. The summed E-state index contributed by atoms with van der Waals surface area (Å²) in [5.41, 5.74) is 0. The molecule has 630 valence electrons. The van der Waals surface area contributed by atoms with Crippen molar-refractivity contribution in [1.82, 2.24) is 0 Å². The minimum atomic E-state index is -4.97. The quantitative estimate of drug-likeness (QED) is 0.0222. The van der Waals surface area contributed by atoms with Crippen LogP contribution in [0.1, 0.15) is 465 Å². The maximum Gasteiger partial charge on any atom is 0.472 e. The molecule has 0 aliphatic carbocycles. The third-order valence-corrected chi connectivity index (χ3v) is 22.7. The number of rotatable bonds is 86. The minimum Gasteiger partial charge on any atom is -0.462 e. The molecule has 106 heavy (non-hydrogen) atoms. The zero-order chi connectivity index (χ0) is 77.8.